The molecule has 1 aromatic carbocycles. The van der Waals surface area contributed by atoms with Gasteiger partial charge in [-0.2, -0.15) is 0 Å². The van der Waals surface area contributed by atoms with Gasteiger partial charge in [-0.3, -0.25) is 9.59 Å². The van der Waals surface area contributed by atoms with Gasteiger partial charge in [-0.05, 0) is 24.6 Å². The van der Waals surface area contributed by atoms with Gasteiger partial charge in [-0.25, -0.2) is 0 Å². The topological polar surface area (TPSA) is 49.4 Å². The summed E-state index contributed by atoms with van der Waals surface area (Å²) in [6.45, 7) is 2.97. The van der Waals surface area contributed by atoms with E-state index in [4.69, 9.17) is 0 Å². The molecule has 0 aromatic heterocycles. The van der Waals surface area contributed by atoms with Crippen molar-refractivity contribution in [2.75, 3.05) is 13.1 Å². The molecular formula is C13H14Br2N2O2. The zero-order valence-corrected chi connectivity index (χ0v) is 13.6. The molecule has 1 unspecified atom stereocenters. The lowest BCUT2D eigenvalue weighted by Gasteiger charge is -2.34. The van der Waals surface area contributed by atoms with Crippen molar-refractivity contribution in [3.8, 4) is 0 Å². The monoisotopic (exact) mass is 388 g/mol. The molecule has 2 rings (SSSR count). The fourth-order valence-electron chi connectivity index (χ4n) is 2.21. The summed E-state index contributed by atoms with van der Waals surface area (Å²) in [6, 6.07) is 5.04. The van der Waals surface area contributed by atoms with Gasteiger partial charge in [0.25, 0.3) is 5.91 Å². The lowest BCUT2D eigenvalue weighted by atomic mass is 10.1. The van der Waals surface area contributed by atoms with Gasteiger partial charge in [-0.1, -0.05) is 38.8 Å². The van der Waals surface area contributed by atoms with E-state index in [1.165, 1.54) is 0 Å². The van der Waals surface area contributed by atoms with Gasteiger partial charge in [0.1, 0.15) is 6.04 Å². The summed E-state index contributed by atoms with van der Waals surface area (Å²) in [5.41, 5.74) is 0.578. The van der Waals surface area contributed by atoms with E-state index in [1.807, 2.05) is 13.0 Å². The molecule has 0 spiro atoms. The highest BCUT2D eigenvalue weighted by Gasteiger charge is 2.32. The van der Waals surface area contributed by atoms with E-state index in [9.17, 15) is 9.59 Å². The van der Waals surface area contributed by atoms with Crippen LogP contribution in [0.1, 0.15) is 23.7 Å². The number of piperazine rings is 1. The number of hydrogen-bond donors (Lipinski definition) is 1. The van der Waals surface area contributed by atoms with Gasteiger partial charge < -0.3 is 10.2 Å². The van der Waals surface area contributed by atoms with Crippen molar-refractivity contribution in [1.82, 2.24) is 10.2 Å². The van der Waals surface area contributed by atoms with Gasteiger partial charge in [0.15, 0.2) is 0 Å². The summed E-state index contributed by atoms with van der Waals surface area (Å²) >= 11 is 6.74. The van der Waals surface area contributed by atoms with Crippen LogP contribution in [-0.4, -0.2) is 35.8 Å². The van der Waals surface area contributed by atoms with Gasteiger partial charge in [-0.15, -0.1) is 0 Å². The first-order valence-corrected chi connectivity index (χ1v) is 7.66. The van der Waals surface area contributed by atoms with Crippen LogP contribution in [0.15, 0.2) is 27.1 Å². The summed E-state index contributed by atoms with van der Waals surface area (Å²) in [7, 11) is 0. The highest BCUT2D eigenvalue weighted by atomic mass is 79.9. The lowest BCUT2D eigenvalue weighted by molar-refractivity contribution is -0.127. The highest BCUT2D eigenvalue weighted by molar-refractivity contribution is 9.11. The summed E-state index contributed by atoms with van der Waals surface area (Å²) in [5, 5.41) is 2.79. The first kappa shape index (κ1) is 14.5. The number of carbonyl (C=O) groups is 2. The van der Waals surface area contributed by atoms with Crippen molar-refractivity contribution in [3.63, 3.8) is 0 Å². The zero-order chi connectivity index (χ0) is 14.0. The quantitative estimate of drug-likeness (QED) is 0.844. The molecule has 19 heavy (non-hydrogen) atoms. The third-order valence-corrected chi connectivity index (χ3v) is 4.00. The third-order valence-electron chi connectivity index (χ3n) is 3.09. The largest absolute Gasteiger partial charge is 0.353 e. The molecule has 1 atom stereocenters. The number of rotatable bonds is 2. The van der Waals surface area contributed by atoms with Gasteiger partial charge >= 0.3 is 0 Å². The normalized spacial score (nSPS) is 19.2. The van der Waals surface area contributed by atoms with Crippen LogP contribution >= 0.6 is 31.9 Å². The van der Waals surface area contributed by atoms with Crippen LogP contribution in [0.4, 0.5) is 0 Å². The Balaban J connectivity index is 2.29. The molecule has 0 radical (unpaired) electrons. The summed E-state index contributed by atoms with van der Waals surface area (Å²) < 4.78 is 1.67. The molecule has 1 fully saturated rings. The molecular weight excluding hydrogens is 376 g/mol. The Kier molecular flexibility index (Phi) is 4.62. The van der Waals surface area contributed by atoms with Crippen LogP contribution in [0.5, 0.6) is 0 Å². The van der Waals surface area contributed by atoms with E-state index >= 15 is 0 Å². The van der Waals surface area contributed by atoms with E-state index in [0.717, 1.165) is 8.95 Å². The summed E-state index contributed by atoms with van der Waals surface area (Å²) in [6.07, 6.45) is 0.618. The maximum absolute atomic E-state index is 12.5. The summed E-state index contributed by atoms with van der Waals surface area (Å²) in [4.78, 5) is 26.0. The second-order valence-electron chi connectivity index (χ2n) is 4.37. The van der Waals surface area contributed by atoms with E-state index in [-0.39, 0.29) is 17.9 Å². The molecule has 0 saturated carbocycles. The number of nitrogens with zero attached hydrogens (tertiary/aromatic N) is 1. The Morgan fingerprint density at radius 3 is 2.58 bits per heavy atom. The molecule has 102 valence electrons. The predicted molar refractivity (Wildman–Crippen MR) is 80.0 cm³/mol. The van der Waals surface area contributed by atoms with Gasteiger partial charge in [0.05, 0.1) is 0 Å². The van der Waals surface area contributed by atoms with Crippen LogP contribution < -0.4 is 5.32 Å². The summed E-state index contributed by atoms with van der Waals surface area (Å²) in [5.74, 6) is -0.181. The highest BCUT2D eigenvalue weighted by Crippen LogP contribution is 2.22. The Morgan fingerprint density at radius 1 is 1.37 bits per heavy atom. The van der Waals surface area contributed by atoms with Crippen LogP contribution in [0.2, 0.25) is 0 Å². The first-order chi connectivity index (χ1) is 9.02. The molecule has 0 aliphatic carbocycles. The lowest BCUT2D eigenvalue weighted by Crippen LogP contribution is -2.56. The number of amides is 2. The van der Waals surface area contributed by atoms with Crippen molar-refractivity contribution in [1.29, 1.82) is 0 Å². The Labute approximate surface area is 128 Å². The molecule has 0 bridgehead atoms. The number of nitrogens with one attached hydrogen (secondary N) is 1. The van der Waals surface area contributed by atoms with Crippen LogP contribution in [0.25, 0.3) is 0 Å². The SMILES string of the molecule is CCC1C(=O)NCCN1C(=O)c1cc(Br)cc(Br)c1. The van der Waals surface area contributed by atoms with E-state index in [1.54, 1.807) is 17.0 Å². The number of halogens is 2. The molecule has 1 saturated heterocycles. The minimum absolute atomic E-state index is 0.0730. The molecule has 6 heteroatoms. The smallest absolute Gasteiger partial charge is 0.254 e. The van der Waals surface area contributed by atoms with Crippen molar-refractivity contribution < 1.29 is 9.59 Å². The maximum Gasteiger partial charge on any atom is 0.254 e. The molecule has 1 aliphatic heterocycles. The van der Waals surface area contributed by atoms with Crippen molar-refractivity contribution in [3.05, 3.63) is 32.7 Å². The molecule has 2 amide bonds. The average molecular weight is 390 g/mol. The Hall–Kier alpha value is -0.880. The molecule has 1 N–H and O–H groups in total. The second kappa shape index (κ2) is 6.05. The maximum atomic E-state index is 12.5. The van der Waals surface area contributed by atoms with Gasteiger partial charge in [0.2, 0.25) is 5.91 Å². The number of benzene rings is 1. The molecule has 1 aromatic rings. The fraction of sp³-hybridized carbons (Fsp3) is 0.385. The predicted octanol–water partition coefficient (Wildman–Crippen LogP) is 2.56. The fourth-order valence-corrected chi connectivity index (χ4v) is 3.50. The Morgan fingerprint density at radius 2 is 2.00 bits per heavy atom. The van der Waals surface area contributed by atoms with Crippen molar-refractivity contribution in [2.24, 2.45) is 0 Å². The third kappa shape index (κ3) is 3.17. The second-order valence-corrected chi connectivity index (χ2v) is 6.20. The van der Waals surface area contributed by atoms with Crippen LogP contribution in [-0.2, 0) is 4.79 Å². The van der Waals surface area contributed by atoms with Crippen LogP contribution in [0, 0.1) is 0 Å². The average Bonchev–Trinajstić information content (AvgIpc) is 2.36. The Bertz CT molecular complexity index is 499. The van der Waals surface area contributed by atoms with E-state index in [0.29, 0.717) is 25.1 Å². The molecule has 1 aliphatic rings. The molecule has 1 heterocycles. The van der Waals surface area contributed by atoms with Crippen LogP contribution in [0.3, 0.4) is 0 Å². The number of hydrogen-bond acceptors (Lipinski definition) is 2. The minimum Gasteiger partial charge on any atom is -0.353 e. The zero-order valence-electron chi connectivity index (χ0n) is 10.5. The van der Waals surface area contributed by atoms with Gasteiger partial charge in [0, 0.05) is 27.6 Å². The van der Waals surface area contributed by atoms with Crippen molar-refractivity contribution >= 4 is 43.7 Å². The number of carbonyl (C=O) groups excluding carboxylic acids is 2. The molecule has 4 nitrogen and oxygen atoms in total. The van der Waals surface area contributed by atoms with E-state index in [2.05, 4.69) is 37.2 Å². The van der Waals surface area contributed by atoms with Crippen molar-refractivity contribution in [2.45, 2.75) is 19.4 Å². The van der Waals surface area contributed by atoms with E-state index < -0.39 is 0 Å². The minimum atomic E-state index is -0.376. The first-order valence-electron chi connectivity index (χ1n) is 6.07. The standard InChI is InChI=1S/C13H14Br2N2O2/c1-2-11-12(18)16-3-4-17(11)13(19)8-5-9(14)7-10(15)6-8/h5-7,11H,2-4H2,1H3,(H,16,18).